The maximum absolute atomic E-state index is 12.5. The van der Waals surface area contributed by atoms with Gasteiger partial charge in [-0.1, -0.05) is 32.0 Å². The van der Waals surface area contributed by atoms with Crippen LogP contribution in [0, 0.1) is 0 Å². The average Bonchev–Trinajstić information content (AvgIpc) is 2.41. The lowest BCUT2D eigenvalue weighted by molar-refractivity contribution is 0.601. The van der Waals surface area contributed by atoms with Crippen LogP contribution in [0.3, 0.4) is 0 Å². The van der Waals surface area contributed by atoms with Crippen molar-refractivity contribution in [3.05, 3.63) is 52.5 Å². The third-order valence-electron chi connectivity index (χ3n) is 3.11. The summed E-state index contributed by atoms with van der Waals surface area (Å²) in [6.07, 6.45) is 0. The Kier molecular flexibility index (Phi) is 4.58. The molecule has 0 fully saturated rings. The molecule has 0 unspecified atom stereocenters. The van der Waals surface area contributed by atoms with E-state index >= 15 is 0 Å². The fourth-order valence-corrected chi connectivity index (χ4v) is 3.62. The highest BCUT2D eigenvalue weighted by Gasteiger charge is 2.17. The second-order valence-corrected chi connectivity index (χ2v) is 7.57. The largest absolute Gasteiger partial charge is 0.398 e. The van der Waals surface area contributed by atoms with E-state index in [0.717, 1.165) is 5.56 Å². The van der Waals surface area contributed by atoms with Crippen molar-refractivity contribution in [2.24, 2.45) is 0 Å². The molecule has 0 aliphatic heterocycles. The quantitative estimate of drug-likeness (QED) is 0.802. The summed E-state index contributed by atoms with van der Waals surface area (Å²) in [5.74, 6) is 0.224. The van der Waals surface area contributed by atoms with Crippen LogP contribution in [0.1, 0.15) is 25.3 Å². The number of halogens is 1. The molecule has 4 nitrogen and oxygen atoms in total. The van der Waals surface area contributed by atoms with E-state index in [1.807, 2.05) is 32.0 Å². The SMILES string of the molecule is CC(C)c1ccccc1NS(=O)(=O)c1ccc(N)c(Br)c1. The second-order valence-electron chi connectivity index (χ2n) is 5.03. The Morgan fingerprint density at radius 3 is 2.43 bits per heavy atom. The third-order valence-corrected chi connectivity index (χ3v) is 5.16. The fourth-order valence-electron chi connectivity index (χ4n) is 1.97. The van der Waals surface area contributed by atoms with E-state index in [9.17, 15) is 8.42 Å². The van der Waals surface area contributed by atoms with Gasteiger partial charge in [-0.2, -0.15) is 0 Å². The van der Waals surface area contributed by atoms with Gasteiger partial charge in [0.15, 0.2) is 0 Å². The molecule has 0 atom stereocenters. The molecule has 0 aliphatic carbocycles. The van der Waals surface area contributed by atoms with Crippen molar-refractivity contribution in [2.75, 3.05) is 10.5 Å². The summed E-state index contributed by atoms with van der Waals surface area (Å²) < 4.78 is 28.1. The molecule has 112 valence electrons. The van der Waals surface area contributed by atoms with Gasteiger partial charge in [0.1, 0.15) is 0 Å². The zero-order valence-corrected chi connectivity index (χ0v) is 14.2. The minimum atomic E-state index is -3.64. The lowest BCUT2D eigenvalue weighted by atomic mass is 10.0. The van der Waals surface area contributed by atoms with Gasteiger partial charge in [0, 0.05) is 10.2 Å². The molecule has 0 heterocycles. The first-order chi connectivity index (χ1) is 9.81. The minimum absolute atomic E-state index is 0.169. The summed E-state index contributed by atoms with van der Waals surface area (Å²) in [6, 6.07) is 11.9. The Bertz CT molecular complexity index is 758. The van der Waals surface area contributed by atoms with Crippen molar-refractivity contribution in [2.45, 2.75) is 24.7 Å². The van der Waals surface area contributed by atoms with Crippen LogP contribution in [-0.4, -0.2) is 8.42 Å². The van der Waals surface area contributed by atoms with Gasteiger partial charge in [-0.05, 0) is 51.7 Å². The molecular formula is C15H17BrN2O2S. The van der Waals surface area contributed by atoms with Gasteiger partial charge in [0.2, 0.25) is 0 Å². The number of hydrogen-bond donors (Lipinski definition) is 2. The normalized spacial score (nSPS) is 11.6. The first kappa shape index (κ1) is 15.9. The van der Waals surface area contributed by atoms with Crippen LogP contribution in [0.4, 0.5) is 11.4 Å². The van der Waals surface area contributed by atoms with Crippen LogP contribution in [0.5, 0.6) is 0 Å². The first-order valence-corrected chi connectivity index (χ1v) is 8.75. The van der Waals surface area contributed by atoms with Gasteiger partial charge in [-0.25, -0.2) is 8.42 Å². The highest BCUT2D eigenvalue weighted by Crippen LogP contribution is 2.28. The molecule has 0 amide bonds. The molecule has 2 aromatic carbocycles. The maximum Gasteiger partial charge on any atom is 0.261 e. The van der Waals surface area contributed by atoms with E-state index < -0.39 is 10.0 Å². The molecule has 0 spiro atoms. The molecular weight excluding hydrogens is 352 g/mol. The lowest BCUT2D eigenvalue weighted by Crippen LogP contribution is -2.14. The summed E-state index contributed by atoms with van der Waals surface area (Å²) in [6.45, 7) is 4.04. The van der Waals surface area contributed by atoms with E-state index in [2.05, 4.69) is 20.7 Å². The van der Waals surface area contributed by atoms with Gasteiger partial charge >= 0.3 is 0 Å². The van der Waals surface area contributed by atoms with Crippen LogP contribution in [-0.2, 0) is 10.0 Å². The number of sulfonamides is 1. The van der Waals surface area contributed by atoms with E-state index in [0.29, 0.717) is 15.8 Å². The van der Waals surface area contributed by atoms with Gasteiger partial charge in [-0.15, -0.1) is 0 Å². The zero-order valence-electron chi connectivity index (χ0n) is 11.8. The molecule has 0 bridgehead atoms. The molecule has 0 radical (unpaired) electrons. The summed E-state index contributed by atoms with van der Waals surface area (Å²) in [7, 11) is -3.64. The number of anilines is 2. The van der Waals surface area contributed by atoms with Crippen LogP contribution in [0.15, 0.2) is 51.8 Å². The molecule has 0 aliphatic rings. The summed E-state index contributed by atoms with van der Waals surface area (Å²) in [5, 5.41) is 0. The van der Waals surface area contributed by atoms with Gasteiger partial charge < -0.3 is 5.73 Å². The van der Waals surface area contributed by atoms with E-state index in [-0.39, 0.29) is 10.8 Å². The van der Waals surface area contributed by atoms with Crippen molar-refractivity contribution >= 4 is 37.3 Å². The monoisotopic (exact) mass is 368 g/mol. The number of hydrogen-bond acceptors (Lipinski definition) is 3. The van der Waals surface area contributed by atoms with Crippen molar-refractivity contribution in [1.29, 1.82) is 0 Å². The predicted molar refractivity (Wildman–Crippen MR) is 89.9 cm³/mol. The smallest absolute Gasteiger partial charge is 0.261 e. The Balaban J connectivity index is 2.40. The van der Waals surface area contributed by atoms with Crippen molar-refractivity contribution in [3.63, 3.8) is 0 Å². The number of nitrogen functional groups attached to an aromatic ring is 1. The summed E-state index contributed by atoms with van der Waals surface area (Å²) >= 11 is 3.24. The highest BCUT2D eigenvalue weighted by molar-refractivity contribution is 9.10. The number of nitrogens with two attached hydrogens (primary N) is 1. The lowest BCUT2D eigenvalue weighted by Gasteiger charge is -2.15. The van der Waals surface area contributed by atoms with Crippen molar-refractivity contribution in [3.8, 4) is 0 Å². The number of para-hydroxylation sites is 1. The Labute approximate surface area is 133 Å². The van der Waals surface area contributed by atoms with E-state index in [1.54, 1.807) is 12.1 Å². The van der Waals surface area contributed by atoms with Crippen LogP contribution in [0.2, 0.25) is 0 Å². The standard InChI is InChI=1S/C15H17BrN2O2S/c1-10(2)12-5-3-4-6-15(12)18-21(19,20)11-7-8-14(17)13(16)9-11/h3-10,18H,17H2,1-2H3. The van der Waals surface area contributed by atoms with E-state index in [1.165, 1.54) is 12.1 Å². The zero-order chi connectivity index (χ0) is 15.6. The molecule has 0 saturated heterocycles. The fraction of sp³-hybridized carbons (Fsp3) is 0.200. The maximum atomic E-state index is 12.5. The summed E-state index contributed by atoms with van der Waals surface area (Å²) in [4.78, 5) is 0.169. The Morgan fingerprint density at radius 2 is 1.81 bits per heavy atom. The van der Waals surface area contributed by atoms with Crippen LogP contribution >= 0.6 is 15.9 Å². The minimum Gasteiger partial charge on any atom is -0.398 e. The number of rotatable bonds is 4. The Hall–Kier alpha value is -1.53. The molecule has 6 heteroatoms. The number of nitrogens with one attached hydrogen (secondary N) is 1. The average molecular weight is 369 g/mol. The van der Waals surface area contributed by atoms with Gasteiger partial charge in [-0.3, -0.25) is 4.72 Å². The Morgan fingerprint density at radius 1 is 1.14 bits per heavy atom. The number of benzene rings is 2. The molecule has 0 saturated carbocycles. The van der Waals surface area contributed by atoms with Crippen LogP contribution < -0.4 is 10.5 Å². The topological polar surface area (TPSA) is 72.2 Å². The third kappa shape index (κ3) is 3.57. The second kappa shape index (κ2) is 6.07. The predicted octanol–water partition coefficient (Wildman–Crippen LogP) is 3.96. The van der Waals surface area contributed by atoms with E-state index in [4.69, 9.17) is 5.73 Å². The molecule has 0 aromatic heterocycles. The van der Waals surface area contributed by atoms with Crippen LogP contribution in [0.25, 0.3) is 0 Å². The first-order valence-electron chi connectivity index (χ1n) is 6.48. The van der Waals surface area contributed by atoms with Crippen molar-refractivity contribution in [1.82, 2.24) is 0 Å². The van der Waals surface area contributed by atoms with Crippen molar-refractivity contribution < 1.29 is 8.42 Å². The summed E-state index contributed by atoms with van der Waals surface area (Å²) in [5.41, 5.74) is 7.73. The van der Waals surface area contributed by atoms with Gasteiger partial charge in [0.05, 0.1) is 10.6 Å². The molecule has 21 heavy (non-hydrogen) atoms. The molecule has 2 aromatic rings. The molecule has 3 N–H and O–H groups in total. The molecule has 2 rings (SSSR count). The highest BCUT2D eigenvalue weighted by atomic mass is 79.9. The van der Waals surface area contributed by atoms with Gasteiger partial charge in [0.25, 0.3) is 10.0 Å².